The minimum atomic E-state index is -0.127. The van der Waals surface area contributed by atoms with Crippen LogP contribution in [0.25, 0.3) is 0 Å². The first-order valence-electron chi connectivity index (χ1n) is 6.77. The first kappa shape index (κ1) is 13.4. The molecule has 0 spiro atoms. The lowest BCUT2D eigenvalue weighted by Gasteiger charge is -2.26. The Morgan fingerprint density at radius 2 is 1.95 bits per heavy atom. The van der Waals surface area contributed by atoms with Gasteiger partial charge in [-0.3, -0.25) is 4.79 Å². The highest BCUT2D eigenvalue weighted by molar-refractivity contribution is 5.91. The van der Waals surface area contributed by atoms with E-state index in [-0.39, 0.29) is 5.91 Å². The number of nitrogens with one attached hydrogen (secondary N) is 1. The fourth-order valence-corrected chi connectivity index (χ4v) is 2.12. The van der Waals surface area contributed by atoms with E-state index in [9.17, 15) is 4.79 Å². The van der Waals surface area contributed by atoms with Crippen molar-refractivity contribution in [3.8, 4) is 0 Å². The number of carbonyl (C=O) groups excluding carboxylic acids is 1. The summed E-state index contributed by atoms with van der Waals surface area (Å²) in [6, 6.07) is 8.41. The van der Waals surface area contributed by atoms with Gasteiger partial charge in [-0.1, -0.05) is 38.5 Å². The molecule has 0 radical (unpaired) electrons. The van der Waals surface area contributed by atoms with E-state index < -0.39 is 0 Å². The predicted octanol–water partition coefficient (Wildman–Crippen LogP) is 3.34. The first-order chi connectivity index (χ1) is 9.20. The molecule has 0 aliphatic carbocycles. The van der Waals surface area contributed by atoms with Crippen molar-refractivity contribution >= 4 is 11.6 Å². The van der Waals surface area contributed by atoms with Crippen LogP contribution >= 0.6 is 0 Å². The van der Waals surface area contributed by atoms with Crippen molar-refractivity contribution in [3.63, 3.8) is 0 Å². The Bertz CT molecular complexity index is 488. The lowest BCUT2D eigenvalue weighted by atomic mass is 10.1. The van der Waals surface area contributed by atoms with E-state index in [1.54, 1.807) is 6.20 Å². The van der Waals surface area contributed by atoms with Gasteiger partial charge in [-0.05, 0) is 30.5 Å². The number of benzene rings is 1. The molecule has 1 aliphatic heterocycles. The zero-order valence-electron chi connectivity index (χ0n) is 11.4. The summed E-state index contributed by atoms with van der Waals surface area (Å²) < 4.78 is 0. The average molecular weight is 256 g/mol. The van der Waals surface area contributed by atoms with Crippen molar-refractivity contribution in [3.05, 3.63) is 54.5 Å². The molecule has 19 heavy (non-hydrogen) atoms. The highest BCUT2D eigenvalue weighted by atomic mass is 16.1. The number of aryl methyl sites for hydroxylation is 1. The van der Waals surface area contributed by atoms with Gasteiger partial charge in [0.05, 0.1) is 0 Å². The molecule has 0 bridgehead atoms. The van der Waals surface area contributed by atoms with Crippen molar-refractivity contribution in [2.75, 3.05) is 4.90 Å². The predicted molar refractivity (Wildman–Crippen MR) is 78.6 cm³/mol. The van der Waals surface area contributed by atoms with Crippen LogP contribution in [0.5, 0.6) is 0 Å². The number of carbonyl (C=O) groups is 1. The van der Waals surface area contributed by atoms with Crippen LogP contribution in [-0.2, 0) is 11.2 Å². The Hall–Kier alpha value is -2.03. The Balaban J connectivity index is 2.04. The molecule has 0 atom stereocenters. The van der Waals surface area contributed by atoms with E-state index in [1.165, 1.54) is 30.9 Å². The summed E-state index contributed by atoms with van der Waals surface area (Å²) in [7, 11) is 0. The normalized spacial score (nSPS) is 14.7. The van der Waals surface area contributed by atoms with Gasteiger partial charge in [-0.2, -0.15) is 0 Å². The van der Waals surface area contributed by atoms with Crippen molar-refractivity contribution in [1.29, 1.82) is 0 Å². The van der Waals surface area contributed by atoms with Crippen LogP contribution in [-0.4, -0.2) is 5.91 Å². The van der Waals surface area contributed by atoms with E-state index >= 15 is 0 Å². The van der Waals surface area contributed by atoms with Gasteiger partial charge in [0.15, 0.2) is 0 Å². The van der Waals surface area contributed by atoms with E-state index in [0.717, 1.165) is 12.1 Å². The number of hydrogen-bond acceptors (Lipinski definition) is 2. The van der Waals surface area contributed by atoms with Crippen molar-refractivity contribution in [2.45, 2.75) is 32.6 Å². The molecule has 3 nitrogen and oxygen atoms in total. The minimum absolute atomic E-state index is 0.127. The van der Waals surface area contributed by atoms with Gasteiger partial charge in [-0.15, -0.1) is 0 Å². The third kappa shape index (κ3) is 3.47. The van der Waals surface area contributed by atoms with Crippen LogP contribution in [0.1, 0.15) is 31.7 Å². The molecule has 2 rings (SSSR count). The van der Waals surface area contributed by atoms with E-state index in [4.69, 9.17) is 0 Å². The molecular formula is C16H20N2O. The molecule has 1 aromatic rings. The van der Waals surface area contributed by atoms with Crippen LogP contribution in [0.3, 0.4) is 0 Å². The SMILES string of the molecule is C=C1NC(=O)C=CN1c1ccc(CCCCC)cc1. The smallest absolute Gasteiger partial charge is 0.250 e. The number of amides is 1. The van der Waals surface area contributed by atoms with Gasteiger partial charge in [0.25, 0.3) is 5.91 Å². The summed E-state index contributed by atoms with van der Waals surface area (Å²) in [4.78, 5) is 13.0. The summed E-state index contributed by atoms with van der Waals surface area (Å²) in [5.74, 6) is 0.462. The molecule has 0 unspecified atom stereocenters. The number of unbranched alkanes of at least 4 members (excludes halogenated alkanes) is 2. The molecule has 3 heteroatoms. The van der Waals surface area contributed by atoms with E-state index in [1.807, 2.05) is 4.90 Å². The molecule has 0 fully saturated rings. The Labute approximate surface area is 114 Å². The average Bonchev–Trinajstić information content (AvgIpc) is 2.40. The highest BCUT2D eigenvalue weighted by Gasteiger charge is 2.13. The molecule has 100 valence electrons. The first-order valence-corrected chi connectivity index (χ1v) is 6.77. The number of nitrogens with zero attached hydrogens (tertiary/aromatic N) is 1. The maximum absolute atomic E-state index is 11.2. The van der Waals surface area contributed by atoms with Gasteiger partial charge in [0.1, 0.15) is 5.82 Å². The Morgan fingerprint density at radius 1 is 1.21 bits per heavy atom. The molecule has 0 saturated heterocycles. The quantitative estimate of drug-likeness (QED) is 0.819. The van der Waals surface area contributed by atoms with Gasteiger partial charge in [0.2, 0.25) is 0 Å². The second-order valence-electron chi connectivity index (χ2n) is 4.75. The second-order valence-corrected chi connectivity index (χ2v) is 4.75. The van der Waals surface area contributed by atoms with Gasteiger partial charge in [-0.25, -0.2) is 0 Å². The van der Waals surface area contributed by atoms with Gasteiger partial charge in [0, 0.05) is 18.0 Å². The van der Waals surface area contributed by atoms with Crippen LogP contribution in [0.2, 0.25) is 0 Å². The molecule has 0 saturated carbocycles. The van der Waals surface area contributed by atoms with Crippen LogP contribution < -0.4 is 10.2 Å². The number of hydrogen-bond donors (Lipinski definition) is 1. The van der Waals surface area contributed by atoms with Crippen LogP contribution in [0.4, 0.5) is 5.69 Å². The molecule has 1 aromatic carbocycles. The van der Waals surface area contributed by atoms with Crippen molar-refractivity contribution < 1.29 is 4.79 Å². The number of rotatable bonds is 5. The lowest BCUT2D eigenvalue weighted by molar-refractivity contribution is -0.116. The van der Waals surface area contributed by atoms with E-state index in [0.29, 0.717) is 5.82 Å². The minimum Gasteiger partial charge on any atom is -0.309 e. The zero-order chi connectivity index (χ0) is 13.7. The van der Waals surface area contributed by atoms with Crippen LogP contribution in [0, 0.1) is 0 Å². The lowest BCUT2D eigenvalue weighted by Crippen LogP contribution is -2.34. The summed E-state index contributed by atoms with van der Waals surface area (Å²) in [5, 5.41) is 2.69. The summed E-state index contributed by atoms with van der Waals surface area (Å²) in [5.41, 5.74) is 2.37. The van der Waals surface area contributed by atoms with Gasteiger partial charge >= 0.3 is 0 Å². The maximum atomic E-state index is 11.2. The molecular weight excluding hydrogens is 236 g/mol. The molecule has 1 heterocycles. The van der Waals surface area contributed by atoms with Crippen molar-refractivity contribution in [1.82, 2.24) is 5.32 Å². The largest absolute Gasteiger partial charge is 0.309 e. The third-order valence-corrected chi connectivity index (χ3v) is 3.22. The fraction of sp³-hybridized carbons (Fsp3) is 0.312. The maximum Gasteiger partial charge on any atom is 0.250 e. The number of anilines is 1. The zero-order valence-corrected chi connectivity index (χ0v) is 11.4. The fourth-order valence-electron chi connectivity index (χ4n) is 2.12. The third-order valence-electron chi connectivity index (χ3n) is 3.22. The standard InChI is InChI=1S/C16H20N2O/c1-3-4-5-6-14-7-9-15(10-8-14)18-12-11-16(19)17-13(18)2/h7-12H,2-6H2,1H3,(H,17,19). The molecule has 1 N–H and O–H groups in total. The Kier molecular flexibility index (Phi) is 4.39. The Morgan fingerprint density at radius 3 is 2.58 bits per heavy atom. The second kappa shape index (κ2) is 6.23. The van der Waals surface area contributed by atoms with Gasteiger partial charge < -0.3 is 10.2 Å². The topological polar surface area (TPSA) is 32.3 Å². The summed E-state index contributed by atoms with van der Waals surface area (Å²) in [6.07, 6.45) is 8.14. The summed E-state index contributed by atoms with van der Waals surface area (Å²) in [6.45, 7) is 6.06. The molecule has 1 amide bonds. The van der Waals surface area contributed by atoms with Crippen molar-refractivity contribution in [2.24, 2.45) is 0 Å². The van der Waals surface area contributed by atoms with E-state index in [2.05, 4.69) is 43.1 Å². The van der Waals surface area contributed by atoms with Crippen LogP contribution in [0.15, 0.2) is 48.9 Å². The highest BCUT2D eigenvalue weighted by Crippen LogP contribution is 2.21. The molecule has 0 aromatic heterocycles. The molecule has 1 aliphatic rings. The summed E-state index contributed by atoms with van der Waals surface area (Å²) >= 11 is 0. The monoisotopic (exact) mass is 256 g/mol.